The van der Waals surface area contributed by atoms with Crippen molar-refractivity contribution in [3.8, 4) is 0 Å². The third kappa shape index (κ3) is 3.53. The number of carbonyl (C=O) groups excluding carboxylic acids is 1. The standard InChI is InChI=1S/C16H30N2O2/c1-3-6-15(9-10-17-11-15)14(19)18-12-16(20)7-4-13(2)5-8-16/h13,17,20H,3-12H2,1-2H3,(H,18,19). The van der Waals surface area contributed by atoms with E-state index in [1.165, 1.54) is 0 Å². The van der Waals surface area contributed by atoms with E-state index >= 15 is 0 Å². The lowest BCUT2D eigenvalue weighted by Gasteiger charge is -2.36. The molecule has 2 rings (SSSR count). The lowest BCUT2D eigenvalue weighted by Crippen LogP contribution is -2.50. The predicted molar refractivity (Wildman–Crippen MR) is 80.4 cm³/mol. The molecule has 1 saturated heterocycles. The second kappa shape index (κ2) is 6.44. The lowest BCUT2D eigenvalue weighted by atomic mass is 9.78. The average molecular weight is 282 g/mol. The summed E-state index contributed by atoms with van der Waals surface area (Å²) in [6.07, 6.45) is 6.63. The second-order valence-corrected chi connectivity index (χ2v) is 7.05. The summed E-state index contributed by atoms with van der Waals surface area (Å²) in [5.74, 6) is 0.841. The topological polar surface area (TPSA) is 61.4 Å². The first-order valence-corrected chi connectivity index (χ1v) is 8.21. The summed E-state index contributed by atoms with van der Waals surface area (Å²) >= 11 is 0. The summed E-state index contributed by atoms with van der Waals surface area (Å²) in [5, 5.41) is 16.9. The maximum absolute atomic E-state index is 12.5. The molecule has 1 aliphatic heterocycles. The number of aliphatic hydroxyl groups is 1. The molecule has 1 aliphatic carbocycles. The van der Waals surface area contributed by atoms with Crippen LogP contribution in [0, 0.1) is 11.3 Å². The molecular weight excluding hydrogens is 252 g/mol. The van der Waals surface area contributed by atoms with Gasteiger partial charge in [-0.25, -0.2) is 0 Å². The van der Waals surface area contributed by atoms with Gasteiger partial charge in [-0.3, -0.25) is 4.79 Å². The van der Waals surface area contributed by atoms with Crippen LogP contribution in [0.5, 0.6) is 0 Å². The number of carbonyl (C=O) groups is 1. The Labute approximate surface area is 122 Å². The van der Waals surface area contributed by atoms with Crippen molar-refractivity contribution >= 4 is 5.91 Å². The van der Waals surface area contributed by atoms with E-state index in [2.05, 4.69) is 24.5 Å². The second-order valence-electron chi connectivity index (χ2n) is 7.05. The van der Waals surface area contributed by atoms with Gasteiger partial charge in [-0.15, -0.1) is 0 Å². The fourth-order valence-corrected chi connectivity index (χ4v) is 3.65. The molecule has 0 aromatic carbocycles. The molecule has 20 heavy (non-hydrogen) atoms. The molecule has 1 atom stereocenters. The van der Waals surface area contributed by atoms with E-state index in [0.29, 0.717) is 12.5 Å². The van der Waals surface area contributed by atoms with Gasteiger partial charge < -0.3 is 15.7 Å². The fraction of sp³-hybridized carbons (Fsp3) is 0.938. The molecule has 0 spiro atoms. The maximum atomic E-state index is 12.5. The van der Waals surface area contributed by atoms with Crippen molar-refractivity contribution in [3.05, 3.63) is 0 Å². The highest BCUT2D eigenvalue weighted by atomic mass is 16.3. The van der Waals surface area contributed by atoms with Gasteiger partial charge in [0.25, 0.3) is 0 Å². The predicted octanol–water partition coefficient (Wildman–Crippen LogP) is 1.82. The molecule has 1 unspecified atom stereocenters. The molecule has 1 saturated carbocycles. The van der Waals surface area contributed by atoms with Crippen LogP contribution >= 0.6 is 0 Å². The van der Waals surface area contributed by atoms with E-state index in [0.717, 1.165) is 58.0 Å². The molecule has 0 bridgehead atoms. The van der Waals surface area contributed by atoms with Gasteiger partial charge in [0.05, 0.1) is 11.0 Å². The molecule has 1 amide bonds. The van der Waals surface area contributed by atoms with Crippen LogP contribution in [0.3, 0.4) is 0 Å². The fourth-order valence-electron chi connectivity index (χ4n) is 3.65. The molecule has 1 heterocycles. The summed E-state index contributed by atoms with van der Waals surface area (Å²) in [4.78, 5) is 12.5. The third-order valence-corrected chi connectivity index (χ3v) is 5.24. The summed E-state index contributed by atoms with van der Waals surface area (Å²) in [6, 6.07) is 0. The number of hydrogen-bond acceptors (Lipinski definition) is 3. The van der Waals surface area contributed by atoms with Crippen LogP contribution in [0.1, 0.15) is 58.8 Å². The van der Waals surface area contributed by atoms with Crippen LogP contribution < -0.4 is 10.6 Å². The summed E-state index contributed by atoms with van der Waals surface area (Å²) < 4.78 is 0. The Balaban J connectivity index is 1.87. The van der Waals surface area contributed by atoms with Gasteiger partial charge in [0, 0.05) is 13.1 Å². The zero-order valence-corrected chi connectivity index (χ0v) is 13.0. The van der Waals surface area contributed by atoms with E-state index in [1.807, 2.05) is 0 Å². The van der Waals surface area contributed by atoms with E-state index in [4.69, 9.17) is 0 Å². The Hall–Kier alpha value is -0.610. The first-order valence-electron chi connectivity index (χ1n) is 8.21. The monoisotopic (exact) mass is 282 g/mol. The SMILES string of the molecule is CCCC1(C(=O)NCC2(O)CCC(C)CC2)CCNC1. The zero-order valence-electron chi connectivity index (χ0n) is 13.0. The zero-order chi connectivity index (χ0) is 14.6. The summed E-state index contributed by atoms with van der Waals surface area (Å²) in [5.41, 5.74) is -0.922. The Kier molecular flexibility index (Phi) is 5.08. The van der Waals surface area contributed by atoms with Gasteiger partial charge >= 0.3 is 0 Å². The number of rotatable bonds is 5. The van der Waals surface area contributed by atoms with Crippen molar-refractivity contribution in [2.75, 3.05) is 19.6 Å². The van der Waals surface area contributed by atoms with Crippen LogP contribution in [-0.2, 0) is 4.79 Å². The van der Waals surface area contributed by atoms with Gasteiger partial charge in [0.2, 0.25) is 5.91 Å². The quantitative estimate of drug-likeness (QED) is 0.721. The smallest absolute Gasteiger partial charge is 0.227 e. The first kappa shape index (κ1) is 15.8. The molecule has 0 aromatic rings. The average Bonchev–Trinajstić information content (AvgIpc) is 2.90. The van der Waals surface area contributed by atoms with E-state index in [1.54, 1.807) is 0 Å². The molecule has 2 fully saturated rings. The third-order valence-electron chi connectivity index (χ3n) is 5.24. The largest absolute Gasteiger partial charge is 0.388 e. The van der Waals surface area contributed by atoms with E-state index in [-0.39, 0.29) is 11.3 Å². The summed E-state index contributed by atoms with van der Waals surface area (Å²) in [7, 11) is 0. The Bertz CT molecular complexity index is 329. The van der Waals surface area contributed by atoms with Crippen molar-refractivity contribution in [1.82, 2.24) is 10.6 Å². The Morgan fingerprint density at radius 3 is 2.60 bits per heavy atom. The number of amides is 1. The van der Waals surface area contributed by atoms with Crippen molar-refractivity contribution in [2.45, 2.75) is 64.4 Å². The van der Waals surface area contributed by atoms with Crippen LogP contribution in [0.4, 0.5) is 0 Å². The molecule has 2 aliphatic rings. The van der Waals surface area contributed by atoms with Gasteiger partial charge in [0.1, 0.15) is 0 Å². The van der Waals surface area contributed by atoms with E-state index in [9.17, 15) is 9.90 Å². The highest BCUT2D eigenvalue weighted by Gasteiger charge is 2.41. The van der Waals surface area contributed by atoms with Crippen LogP contribution in [0.15, 0.2) is 0 Å². The molecule has 116 valence electrons. The normalized spacial score (nSPS) is 37.9. The molecule has 0 aromatic heterocycles. The van der Waals surface area contributed by atoms with Gasteiger partial charge in [-0.05, 0) is 51.0 Å². The van der Waals surface area contributed by atoms with Crippen LogP contribution in [0.2, 0.25) is 0 Å². The minimum Gasteiger partial charge on any atom is -0.388 e. The Morgan fingerprint density at radius 2 is 2.05 bits per heavy atom. The molecule has 4 nitrogen and oxygen atoms in total. The maximum Gasteiger partial charge on any atom is 0.227 e. The molecule has 4 heteroatoms. The van der Waals surface area contributed by atoms with E-state index < -0.39 is 5.60 Å². The van der Waals surface area contributed by atoms with Crippen LogP contribution in [-0.4, -0.2) is 36.2 Å². The minimum absolute atomic E-state index is 0.136. The molecular formula is C16H30N2O2. The molecule has 3 N–H and O–H groups in total. The number of hydrogen-bond donors (Lipinski definition) is 3. The van der Waals surface area contributed by atoms with Crippen molar-refractivity contribution in [3.63, 3.8) is 0 Å². The van der Waals surface area contributed by atoms with Crippen molar-refractivity contribution in [2.24, 2.45) is 11.3 Å². The lowest BCUT2D eigenvalue weighted by molar-refractivity contribution is -0.132. The summed E-state index contributed by atoms with van der Waals surface area (Å²) in [6.45, 7) is 6.49. The first-order chi connectivity index (χ1) is 9.50. The minimum atomic E-state index is -0.679. The van der Waals surface area contributed by atoms with Gasteiger partial charge in [-0.1, -0.05) is 20.3 Å². The highest BCUT2D eigenvalue weighted by Crippen LogP contribution is 2.33. The van der Waals surface area contributed by atoms with Gasteiger partial charge in [0.15, 0.2) is 0 Å². The Morgan fingerprint density at radius 1 is 1.35 bits per heavy atom. The van der Waals surface area contributed by atoms with Gasteiger partial charge in [-0.2, -0.15) is 0 Å². The number of nitrogens with one attached hydrogen (secondary N) is 2. The van der Waals surface area contributed by atoms with Crippen LogP contribution in [0.25, 0.3) is 0 Å². The highest BCUT2D eigenvalue weighted by molar-refractivity contribution is 5.83. The molecule has 0 radical (unpaired) electrons. The van der Waals surface area contributed by atoms with Crippen molar-refractivity contribution < 1.29 is 9.90 Å². The van der Waals surface area contributed by atoms with Crippen molar-refractivity contribution in [1.29, 1.82) is 0 Å².